The zero-order valence-electron chi connectivity index (χ0n) is 19.2. The van der Waals surface area contributed by atoms with Crippen molar-refractivity contribution >= 4 is 32.5 Å². The number of methoxy groups -OCH3 is 1. The minimum atomic E-state index is 0.0270. The van der Waals surface area contributed by atoms with Crippen LogP contribution >= 0.6 is 11.3 Å². The molecule has 0 atom stereocenters. The molecule has 2 aromatic heterocycles. The number of nitrogens with one attached hydrogen (secondary N) is 1. The molecular weight excluding hydrogens is 434 g/mol. The average Bonchev–Trinajstić information content (AvgIpc) is 3.35. The predicted octanol–water partition coefficient (Wildman–Crippen LogP) is 4.46. The molecule has 8 heteroatoms. The highest BCUT2D eigenvalue weighted by Crippen LogP contribution is 2.35. The fraction of sp³-hybridized carbons (Fsp3) is 0.360. The van der Waals surface area contributed by atoms with Gasteiger partial charge in [0.2, 0.25) is 0 Å². The summed E-state index contributed by atoms with van der Waals surface area (Å²) in [7, 11) is 1.69. The largest absolute Gasteiger partial charge is 0.497 e. The lowest BCUT2D eigenvalue weighted by Gasteiger charge is -2.35. The fourth-order valence-electron chi connectivity index (χ4n) is 4.37. The van der Waals surface area contributed by atoms with E-state index >= 15 is 0 Å². The molecular formula is C25H29N5O2S. The number of nitrogens with zero attached hydrogens (tertiary/aromatic N) is 4. The number of carbonyl (C=O) groups is 1. The first-order chi connectivity index (χ1) is 16.0. The second-order valence-electron chi connectivity index (χ2n) is 8.69. The van der Waals surface area contributed by atoms with Gasteiger partial charge in [-0.3, -0.25) is 9.30 Å². The van der Waals surface area contributed by atoms with Gasteiger partial charge in [-0.1, -0.05) is 41.7 Å². The van der Waals surface area contributed by atoms with Crippen LogP contribution in [-0.4, -0.2) is 64.5 Å². The van der Waals surface area contributed by atoms with Crippen molar-refractivity contribution in [2.45, 2.75) is 26.4 Å². The molecule has 1 N–H and O–H groups in total. The average molecular weight is 464 g/mol. The Bertz CT molecular complexity index is 1270. The summed E-state index contributed by atoms with van der Waals surface area (Å²) in [5.41, 5.74) is 4.49. The molecule has 2 amide bonds. The fourth-order valence-corrected chi connectivity index (χ4v) is 5.44. The van der Waals surface area contributed by atoms with E-state index in [0.29, 0.717) is 0 Å². The van der Waals surface area contributed by atoms with E-state index in [0.717, 1.165) is 64.9 Å². The van der Waals surface area contributed by atoms with Crippen LogP contribution < -0.4 is 10.1 Å². The molecule has 172 valence electrons. The van der Waals surface area contributed by atoms with Crippen LogP contribution in [0.4, 0.5) is 4.79 Å². The molecule has 0 unspecified atom stereocenters. The van der Waals surface area contributed by atoms with Crippen molar-refractivity contribution in [1.82, 2.24) is 24.5 Å². The first-order valence-electron chi connectivity index (χ1n) is 11.3. The Kier molecular flexibility index (Phi) is 5.95. The minimum Gasteiger partial charge on any atom is -0.497 e. The van der Waals surface area contributed by atoms with E-state index in [2.05, 4.69) is 51.0 Å². The van der Waals surface area contributed by atoms with Gasteiger partial charge in [0.1, 0.15) is 5.75 Å². The van der Waals surface area contributed by atoms with E-state index in [9.17, 15) is 4.79 Å². The highest BCUT2D eigenvalue weighted by molar-refractivity contribution is 7.23. The zero-order valence-corrected chi connectivity index (χ0v) is 20.1. The smallest absolute Gasteiger partial charge is 0.317 e. The summed E-state index contributed by atoms with van der Waals surface area (Å²) in [6.07, 6.45) is 0. The standard InChI is InChI=1S/C25H29N5O2S/c1-17(2)26-24(31)29-13-11-28(12-14-29)16-21-23(18-7-5-4-6-8-18)27-25-30(21)20-10-9-19(32-3)15-22(20)33-25/h4-10,15,17H,11-14,16H2,1-3H3,(H,26,31). The number of amides is 2. The summed E-state index contributed by atoms with van der Waals surface area (Å²) < 4.78 is 8.88. The zero-order chi connectivity index (χ0) is 22.9. The predicted molar refractivity (Wildman–Crippen MR) is 133 cm³/mol. The summed E-state index contributed by atoms with van der Waals surface area (Å²) >= 11 is 1.69. The lowest BCUT2D eigenvalue weighted by atomic mass is 10.1. The molecule has 0 bridgehead atoms. The van der Waals surface area contributed by atoms with Crippen LogP contribution in [-0.2, 0) is 6.54 Å². The first-order valence-corrected chi connectivity index (χ1v) is 12.2. The van der Waals surface area contributed by atoms with Crippen LogP contribution in [0.25, 0.3) is 26.4 Å². The molecule has 3 heterocycles. The van der Waals surface area contributed by atoms with Crippen molar-refractivity contribution in [3.8, 4) is 17.0 Å². The normalized spacial score (nSPS) is 15.0. The molecule has 1 fully saturated rings. The van der Waals surface area contributed by atoms with Gasteiger partial charge in [0.25, 0.3) is 0 Å². The van der Waals surface area contributed by atoms with Gasteiger partial charge in [-0.25, -0.2) is 9.78 Å². The molecule has 0 spiro atoms. The summed E-state index contributed by atoms with van der Waals surface area (Å²) in [4.78, 5) is 22.8. The Morgan fingerprint density at radius 3 is 2.58 bits per heavy atom. The van der Waals surface area contributed by atoms with Crippen LogP contribution in [0.2, 0.25) is 0 Å². The number of piperazine rings is 1. The molecule has 5 rings (SSSR count). The van der Waals surface area contributed by atoms with Gasteiger partial charge in [0.05, 0.1) is 28.7 Å². The Morgan fingerprint density at radius 1 is 1.12 bits per heavy atom. The molecule has 1 saturated heterocycles. The monoisotopic (exact) mass is 463 g/mol. The van der Waals surface area contributed by atoms with E-state index in [1.165, 1.54) is 5.69 Å². The van der Waals surface area contributed by atoms with Gasteiger partial charge in [-0.15, -0.1) is 0 Å². The first kappa shape index (κ1) is 21.7. The number of benzene rings is 2. The maximum atomic E-state index is 12.4. The molecule has 4 aromatic rings. The van der Waals surface area contributed by atoms with Crippen molar-refractivity contribution in [2.24, 2.45) is 0 Å². The van der Waals surface area contributed by atoms with Gasteiger partial charge in [-0.05, 0) is 32.0 Å². The van der Waals surface area contributed by atoms with Crippen LogP contribution in [0, 0.1) is 0 Å². The van der Waals surface area contributed by atoms with Crippen molar-refractivity contribution in [3.63, 3.8) is 0 Å². The number of fused-ring (bicyclic) bond motifs is 3. The van der Waals surface area contributed by atoms with Gasteiger partial charge >= 0.3 is 6.03 Å². The van der Waals surface area contributed by atoms with E-state index in [1.54, 1.807) is 18.4 Å². The number of urea groups is 1. The van der Waals surface area contributed by atoms with Gasteiger partial charge < -0.3 is 15.0 Å². The number of hydrogen-bond acceptors (Lipinski definition) is 5. The number of ether oxygens (including phenoxy) is 1. The molecule has 0 radical (unpaired) electrons. The Labute approximate surface area is 197 Å². The van der Waals surface area contributed by atoms with Crippen molar-refractivity contribution in [3.05, 3.63) is 54.2 Å². The van der Waals surface area contributed by atoms with Crippen LogP contribution in [0.5, 0.6) is 5.75 Å². The van der Waals surface area contributed by atoms with Gasteiger partial charge in [-0.2, -0.15) is 0 Å². The van der Waals surface area contributed by atoms with Crippen LogP contribution in [0.15, 0.2) is 48.5 Å². The molecule has 0 saturated carbocycles. The molecule has 1 aliphatic heterocycles. The number of aromatic nitrogens is 2. The number of imidazole rings is 1. The molecule has 33 heavy (non-hydrogen) atoms. The quantitative estimate of drug-likeness (QED) is 0.475. The van der Waals surface area contributed by atoms with E-state index in [-0.39, 0.29) is 12.1 Å². The topological polar surface area (TPSA) is 62.1 Å². The summed E-state index contributed by atoms with van der Waals surface area (Å²) in [5.74, 6) is 0.854. The molecule has 1 aliphatic rings. The summed E-state index contributed by atoms with van der Waals surface area (Å²) in [6.45, 7) is 7.88. The number of thiazole rings is 1. The van der Waals surface area contributed by atoms with Crippen molar-refractivity contribution < 1.29 is 9.53 Å². The van der Waals surface area contributed by atoms with Crippen LogP contribution in [0.3, 0.4) is 0 Å². The molecule has 0 aliphatic carbocycles. The van der Waals surface area contributed by atoms with Crippen molar-refractivity contribution in [2.75, 3.05) is 33.3 Å². The van der Waals surface area contributed by atoms with Gasteiger partial charge in [0.15, 0.2) is 4.96 Å². The maximum absolute atomic E-state index is 12.4. The maximum Gasteiger partial charge on any atom is 0.317 e. The number of rotatable bonds is 5. The van der Waals surface area contributed by atoms with E-state index in [1.807, 2.05) is 30.9 Å². The third-order valence-electron chi connectivity index (χ3n) is 6.04. The highest BCUT2D eigenvalue weighted by atomic mass is 32.1. The Morgan fingerprint density at radius 2 is 1.88 bits per heavy atom. The van der Waals surface area contributed by atoms with Crippen molar-refractivity contribution in [1.29, 1.82) is 0 Å². The van der Waals surface area contributed by atoms with Gasteiger partial charge in [0, 0.05) is 44.3 Å². The number of carbonyl (C=O) groups excluding carboxylic acids is 1. The second kappa shape index (κ2) is 9.03. The van der Waals surface area contributed by atoms with E-state index < -0.39 is 0 Å². The lowest BCUT2D eigenvalue weighted by Crippen LogP contribution is -2.52. The highest BCUT2D eigenvalue weighted by Gasteiger charge is 2.25. The Hall–Kier alpha value is -3.10. The minimum absolute atomic E-state index is 0.0270. The van der Waals surface area contributed by atoms with E-state index in [4.69, 9.17) is 9.72 Å². The lowest BCUT2D eigenvalue weighted by molar-refractivity contribution is 0.133. The molecule has 2 aromatic carbocycles. The number of hydrogen-bond donors (Lipinski definition) is 1. The Balaban J connectivity index is 1.47. The third kappa shape index (κ3) is 4.28. The second-order valence-corrected chi connectivity index (χ2v) is 9.70. The molecule has 7 nitrogen and oxygen atoms in total. The summed E-state index contributed by atoms with van der Waals surface area (Å²) in [6, 6.07) is 16.8. The summed E-state index contributed by atoms with van der Waals surface area (Å²) in [5, 5.41) is 3.00. The third-order valence-corrected chi connectivity index (χ3v) is 7.05. The SMILES string of the molecule is COc1ccc2c(c1)sc1nc(-c3ccccc3)c(CN3CCN(C(=O)NC(C)C)CC3)n12. The van der Waals surface area contributed by atoms with Crippen LogP contribution in [0.1, 0.15) is 19.5 Å².